The molecule has 1 aromatic rings. The van der Waals surface area contributed by atoms with Gasteiger partial charge >= 0.3 is 0 Å². The van der Waals surface area contributed by atoms with Gasteiger partial charge in [0.2, 0.25) is 11.8 Å². The molecule has 0 unspecified atom stereocenters. The Balaban J connectivity index is 1.73. The van der Waals surface area contributed by atoms with Crippen molar-refractivity contribution in [3.8, 4) is 0 Å². The normalized spacial score (nSPS) is 15.4. The lowest BCUT2D eigenvalue weighted by Gasteiger charge is -2.33. The van der Waals surface area contributed by atoms with Gasteiger partial charge in [0, 0.05) is 36.5 Å². The molecule has 4 nitrogen and oxygen atoms in total. The molecule has 0 bridgehead atoms. The van der Waals surface area contributed by atoms with E-state index in [4.69, 9.17) is 11.6 Å². The molecule has 1 saturated heterocycles. The van der Waals surface area contributed by atoms with Crippen molar-refractivity contribution in [2.24, 2.45) is 11.8 Å². The molecule has 1 fully saturated rings. The first-order valence-corrected chi connectivity index (χ1v) is 9.73. The zero-order chi connectivity index (χ0) is 18.2. The predicted octanol–water partition coefficient (Wildman–Crippen LogP) is 3.67. The van der Waals surface area contributed by atoms with Crippen LogP contribution in [0.4, 0.5) is 0 Å². The molecule has 0 spiro atoms. The van der Waals surface area contributed by atoms with Gasteiger partial charge in [0.25, 0.3) is 0 Å². The number of piperidine rings is 1. The number of carbonyl (C=O) groups excluding carboxylic acids is 2. The Hall–Kier alpha value is -1.55. The first-order chi connectivity index (χ1) is 12.0. The summed E-state index contributed by atoms with van der Waals surface area (Å²) in [5.41, 5.74) is 1.12. The van der Waals surface area contributed by atoms with Gasteiger partial charge < -0.3 is 10.2 Å². The summed E-state index contributed by atoms with van der Waals surface area (Å²) in [5, 5.41) is 3.74. The Kier molecular flexibility index (Phi) is 7.76. The van der Waals surface area contributed by atoms with Crippen molar-refractivity contribution in [3.63, 3.8) is 0 Å². The molecule has 0 aliphatic carbocycles. The number of rotatable bonds is 7. The van der Waals surface area contributed by atoms with Crippen molar-refractivity contribution in [2.75, 3.05) is 19.6 Å². The Bertz CT molecular complexity index is 579. The van der Waals surface area contributed by atoms with Crippen molar-refractivity contribution in [2.45, 2.75) is 46.0 Å². The molecule has 5 heteroatoms. The van der Waals surface area contributed by atoms with Gasteiger partial charge in [-0.05, 0) is 49.8 Å². The molecule has 138 valence electrons. The number of likely N-dealkylation sites (tertiary alicyclic amines) is 1. The maximum Gasteiger partial charge on any atom is 0.225 e. The van der Waals surface area contributed by atoms with E-state index >= 15 is 0 Å². The van der Waals surface area contributed by atoms with Crippen molar-refractivity contribution in [1.29, 1.82) is 0 Å². The largest absolute Gasteiger partial charge is 0.356 e. The molecule has 1 heterocycles. The Morgan fingerprint density at radius 2 is 1.92 bits per heavy atom. The standard InChI is InChI=1S/C20H29ClN2O2/c1-3-16(4-2)20(25)23-12-9-17(10-13-23)19(24)22-11-8-15-6-5-7-18(21)14-15/h5-7,14,16-17H,3-4,8-13H2,1-2H3,(H,22,24). The highest BCUT2D eigenvalue weighted by Crippen LogP contribution is 2.21. The summed E-state index contributed by atoms with van der Waals surface area (Å²) in [7, 11) is 0. The monoisotopic (exact) mass is 364 g/mol. The van der Waals surface area contributed by atoms with Crippen LogP contribution in [0.15, 0.2) is 24.3 Å². The van der Waals surface area contributed by atoms with Crippen molar-refractivity contribution >= 4 is 23.4 Å². The topological polar surface area (TPSA) is 49.4 Å². The Labute approximate surface area is 155 Å². The third-order valence-electron chi connectivity index (χ3n) is 5.11. The number of halogens is 1. The summed E-state index contributed by atoms with van der Waals surface area (Å²) in [6, 6.07) is 7.71. The number of carbonyl (C=O) groups is 2. The molecule has 1 N–H and O–H groups in total. The highest BCUT2D eigenvalue weighted by Gasteiger charge is 2.29. The number of nitrogens with zero attached hydrogens (tertiary/aromatic N) is 1. The number of benzene rings is 1. The van der Waals surface area contributed by atoms with E-state index in [1.165, 1.54) is 0 Å². The van der Waals surface area contributed by atoms with E-state index in [1.54, 1.807) is 0 Å². The average molecular weight is 365 g/mol. The number of hydrogen-bond donors (Lipinski definition) is 1. The zero-order valence-electron chi connectivity index (χ0n) is 15.3. The lowest BCUT2D eigenvalue weighted by molar-refractivity contribution is -0.139. The van der Waals surface area contributed by atoms with Crippen LogP contribution in [-0.2, 0) is 16.0 Å². The van der Waals surface area contributed by atoms with Crippen molar-refractivity contribution < 1.29 is 9.59 Å². The van der Waals surface area contributed by atoms with Crippen molar-refractivity contribution in [1.82, 2.24) is 10.2 Å². The third-order valence-corrected chi connectivity index (χ3v) is 5.35. The van der Waals surface area contributed by atoms with E-state index in [0.29, 0.717) is 19.6 Å². The minimum atomic E-state index is 0.0186. The molecule has 0 aromatic heterocycles. The van der Waals surface area contributed by atoms with Gasteiger partial charge in [-0.1, -0.05) is 37.6 Å². The number of hydrogen-bond acceptors (Lipinski definition) is 2. The molecule has 25 heavy (non-hydrogen) atoms. The van der Waals surface area contributed by atoms with E-state index in [-0.39, 0.29) is 23.7 Å². The molecule has 1 aliphatic rings. The second-order valence-corrected chi connectivity index (χ2v) is 7.22. The molecular formula is C20H29ClN2O2. The van der Waals surface area contributed by atoms with Crippen LogP contribution in [0, 0.1) is 11.8 Å². The summed E-state index contributed by atoms with van der Waals surface area (Å²) in [6.45, 7) is 6.13. The van der Waals surface area contributed by atoms with E-state index in [9.17, 15) is 9.59 Å². The molecule has 0 saturated carbocycles. The summed E-state index contributed by atoms with van der Waals surface area (Å²) < 4.78 is 0. The van der Waals surface area contributed by atoms with Gasteiger partial charge in [-0.15, -0.1) is 0 Å². The van der Waals surface area contributed by atoms with E-state index < -0.39 is 0 Å². The second-order valence-electron chi connectivity index (χ2n) is 6.78. The van der Waals surface area contributed by atoms with Gasteiger partial charge in [0.15, 0.2) is 0 Å². The molecule has 1 aliphatic heterocycles. The second kappa shape index (κ2) is 9.81. The molecule has 2 rings (SSSR count). The number of amides is 2. The van der Waals surface area contributed by atoms with Crippen LogP contribution in [0.2, 0.25) is 5.02 Å². The fraction of sp³-hybridized carbons (Fsp3) is 0.600. The van der Waals surface area contributed by atoms with Gasteiger partial charge in [0.1, 0.15) is 0 Å². The minimum absolute atomic E-state index is 0.0186. The maximum absolute atomic E-state index is 12.4. The van der Waals surface area contributed by atoms with Crippen LogP contribution in [0.3, 0.4) is 0 Å². The van der Waals surface area contributed by atoms with Crippen LogP contribution in [0.5, 0.6) is 0 Å². The molecule has 2 amide bonds. The summed E-state index contributed by atoms with van der Waals surface area (Å²) >= 11 is 5.97. The van der Waals surface area contributed by atoms with Gasteiger partial charge in [0.05, 0.1) is 0 Å². The molecule has 0 atom stereocenters. The minimum Gasteiger partial charge on any atom is -0.356 e. The van der Waals surface area contributed by atoms with Crippen LogP contribution >= 0.6 is 11.6 Å². The smallest absolute Gasteiger partial charge is 0.225 e. The fourth-order valence-corrected chi connectivity index (χ4v) is 3.64. The first-order valence-electron chi connectivity index (χ1n) is 9.36. The van der Waals surface area contributed by atoms with Crippen molar-refractivity contribution in [3.05, 3.63) is 34.9 Å². The average Bonchev–Trinajstić information content (AvgIpc) is 2.63. The Morgan fingerprint density at radius 3 is 2.52 bits per heavy atom. The van der Waals surface area contributed by atoms with Crippen LogP contribution in [-0.4, -0.2) is 36.3 Å². The summed E-state index contributed by atoms with van der Waals surface area (Å²) in [4.78, 5) is 26.7. The quantitative estimate of drug-likeness (QED) is 0.802. The summed E-state index contributed by atoms with van der Waals surface area (Å²) in [6.07, 6.45) is 4.07. The lowest BCUT2D eigenvalue weighted by Crippen LogP contribution is -2.45. The van der Waals surface area contributed by atoms with Gasteiger partial charge in [-0.25, -0.2) is 0 Å². The van der Waals surface area contributed by atoms with E-state index in [0.717, 1.165) is 42.7 Å². The van der Waals surface area contributed by atoms with Gasteiger partial charge in [-0.3, -0.25) is 9.59 Å². The first kappa shape index (κ1) is 19.8. The van der Waals surface area contributed by atoms with Gasteiger partial charge in [-0.2, -0.15) is 0 Å². The van der Waals surface area contributed by atoms with E-state index in [1.807, 2.05) is 29.2 Å². The maximum atomic E-state index is 12.4. The third kappa shape index (κ3) is 5.74. The van der Waals surface area contributed by atoms with Crippen LogP contribution < -0.4 is 5.32 Å². The lowest BCUT2D eigenvalue weighted by atomic mass is 9.93. The molecule has 0 radical (unpaired) electrons. The highest BCUT2D eigenvalue weighted by atomic mass is 35.5. The zero-order valence-corrected chi connectivity index (χ0v) is 16.0. The fourth-order valence-electron chi connectivity index (χ4n) is 3.43. The Morgan fingerprint density at radius 1 is 1.24 bits per heavy atom. The van der Waals surface area contributed by atoms with E-state index in [2.05, 4.69) is 19.2 Å². The number of nitrogens with one attached hydrogen (secondary N) is 1. The SMILES string of the molecule is CCC(CC)C(=O)N1CCC(C(=O)NCCc2cccc(Cl)c2)CC1. The van der Waals surface area contributed by atoms with Crippen LogP contribution in [0.25, 0.3) is 0 Å². The molecular weight excluding hydrogens is 336 g/mol. The highest BCUT2D eigenvalue weighted by molar-refractivity contribution is 6.30. The summed E-state index contributed by atoms with van der Waals surface area (Å²) in [5.74, 6) is 0.509. The predicted molar refractivity (Wildman–Crippen MR) is 102 cm³/mol. The van der Waals surface area contributed by atoms with Crippen LogP contribution in [0.1, 0.15) is 45.1 Å². The molecule has 1 aromatic carbocycles.